The zero-order valence-electron chi connectivity index (χ0n) is 14.5. The number of quaternary nitrogens is 1. The van der Waals surface area contributed by atoms with Gasteiger partial charge in [0.25, 0.3) is 6.35 Å². The van der Waals surface area contributed by atoms with Crippen molar-refractivity contribution in [3.63, 3.8) is 0 Å². The summed E-state index contributed by atoms with van der Waals surface area (Å²) in [4.78, 5) is 0. The maximum Gasteiger partial charge on any atom is 0.276 e. The number of ether oxygens (including phenoxy) is 1. The summed E-state index contributed by atoms with van der Waals surface area (Å²) in [6.45, 7) is 12.2. The van der Waals surface area contributed by atoms with Gasteiger partial charge < -0.3 is 15.2 Å². The third-order valence-electron chi connectivity index (χ3n) is 4.05. The van der Waals surface area contributed by atoms with Crippen LogP contribution in [0.15, 0.2) is 43.2 Å². The van der Waals surface area contributed by atoms with Crippen molar-refractivity contribution in [3.05, 3.63) is 54.4 Å². The van der Waals surface area contributed by atoms with Crippen LogP contribution in [0.1, 0.15) is 38.3 Å². The Kier molecular flexibility index (Phi) is 5.63. The molecule has 4 nitrogen and oxygen atoms in total. The Bertz CT molecular complexity index is 545. The van der Waals surface area contributed by atoms with E-state index >= 15 is 0 Å². The van der Waals surface area contributed by atoms with Crippen LogP contribution in [0.2, 0.25) is 0 Å². The third kappa shape index (κ3) is 4.93. The highest BCUT2D eigenvalue weighted by Crippen LogP contribution is 2.23. The SMILES string of the molecule is C=Cc1ccc(C[N+]2(CCCOC(C)(C)C)C=CNC2O)cc1. The van der Waals surface area contributed by atoms with Crippen molar-refractivity contribution in [2.24, 2.45) is 0 Å². The van der Waals surface area contributed by atoms with Gasteiger partial charge in [-0.1, -0.05) is 36.9 Å². The average Bonchev–Trinajstić information content (AvgIpc) is 2.85. The van der Waals surface area contributed by atoms with Gasteiger partial charge in [0, 0.05) is 12.0 Å². The molecule has 0 aromatic heterocycles. The second-order valence-electron chi connectivity index (χ2n) is 7.10. The van der Waals surface area contributed by atoms with E-state index in [1.54, 1.807) is 0 Å². The number of hydrogen-bond donors (Lipinski definition) is 2. The molecule has 126 valence electrons. The Balaban J connectivity index is 2.01. The second-order valence-corrected chi connectivity index (χ2v) is 7.10. The molecule has 2 unspecified atom stereocenters. The highest BCUT2D eigenvalue weighted by atomic mass is 16.5. The summed E-state index contributed by atoms with van der Waals surface area (Å²) in [6, 6.07) is 8.31. The van der Waals surface area contributed by atoms with Crippen molar-refractivity contribution in [3.8, 4) is 0 Å². The molecular weight excluding hydrogens is 288 g/mol. The van der Waals surface area contributed by atoms with Gasteiger partial charge in [-0.2, -0.15) is 0 Å². The molecule has 0 aliphatic carbocycles. The molecule has 0 bridgehead atoms. The molecular formula is C19H29N2O2+. The van der Waals surface area contributed by atoms with E-state index in [0.717, 1.165) is 25.1 Å². The zero-order chi connectivity index (χ0) is 16.9. The van der Waals surface area contributed by atoms with E-state index in [4.69, 9.17) is 4.74 Å². The molecule has 0 saturated heterocycles. The van der Waals surface area contributed by atoms with Crippen LogP contribution in [0.25, 0.3) is 6.08 Å². The Hall–Kier alpha value is -1.62. The largest absolute Gasteiger partial charge is 0.376 e. The minimum atomic E-state index is -0.608. The van der Waals surface area contributed by atoms with Crippen molar-refractivity contribution < 1.29 is 14.3 Å². The second kappa shape index (κ2) is 7.30. The van der Waals surface area contributed by atoms with Gasteiger partial charge in [-0.3, -0.25) is 0 Å². The van der Waals surface area contributed by atoms with Crippen LogP contribution in [0.3, 0.4) is 0 Å². The van der Waals surface area contributed by atoms with Gasteiger partial charge in [-0.15, -0.1) is 0 Å². The minimum Gasteiger partial charge on any atom is -0.376 e. The smallest absolute Gasteiger partial charge is 0.276 e. The Morgan fingerprint density at radius 3 is 2.52 bits per heavy atom. The molecule has 0 radical (unpaired) electrons. The first-order valence-electron chi connectivity index (χ1n) is 8.18. The van der Waals surface area contributed by atoms with Gasteiger partial charge in [-0.05, 0) is 26.3 Å². The average molecular weight is 317 g/mol. The Labute approximate surface area is 139 Å². The quantitative estimate of drug-likeness (QED) is 0.599. The summed E-state index contributed by atoms with van der Waals surface area (Å²) in [5, 5.41) is 13.4. The standard InChI is InChI=1S/C19H29N2O2/c1-5-16-7-9-17(10-8-16)15-21(13-11-20-18(21)22)12-6-14-23-19(2,3)4/h5,7-11,13,18,20,22H,1,6,12,14-15H2,2-4H3/q+1. The Morgan fingerprint density at radius 2 is 2.00 bits per heavy atom. The summed E-state index contributed by atoms with van der Waals surface area (Å²) < 4.78 is 6.29. The fourth-order valence-electron chi connectivity index (χ4n) is 2.76. The van der Waals surface area contributed by atoms with E-state index < -0.39 is 6.35 Å². The molecule has 1 aliphatic rings. The topological polar surface area (TPSA) is 41.5 Å². The summed E-state index contributed by atoms with van der Waals surface area (Å²) in [6.07, 6.45) is 6.01. The molecule has 1 aliphatic heterocycles. The van der Waals surface area contributed by atoms with Crippen LogP contribution in [0.5, 0.6) is 0 Å². The van der Waals surface area contributed by atoms with Crippen molar-refractivity contribution >= 4 is 6.08 Å². The van der Waals surface area contributed by atoms with E-state index in [0.29, 0.717) is 11.1 Å². The van der Waals surface area contributed by atoms with E-state index in [9.17, 15) is 5.11 Å². The highest BCUT2D eigenvalue weighted by Gasteiger charge is 2.37. The monoisotopic (exact) mass is 317 g/mol. The van der Waals surface area contributed by atoms with Crippen LogP contribution in [-0.2, 0) is 11.3 Å². The molecule has 2 N–H and O–H groups in total. The normalized spacial score (nSPS) is 23.7. The van der Waals surface area contributed by atoms with Crippen molar-refractivity contribution in [1.29, 1.82) is 0 Å². The van der Waals surface area contributed by atoms with Crippen LogP contribution in [0.4, 0.5) is 0 Å². The molecule has 2 atom stereocenters. The van der Waals surface area contributed by atoms with Gasteiger partial charge in [0.05, 0.1) is 25.0 Å². The van der Waals surface area contributed by atoms with Crippen molar-refractivity contribution in [2.45, 2.75) is 45.7 Å². The van der Waals surface area contributed by atoms with Gasteiger partial charge in [0.1, 0.15) is 12.7 Å². The van der Waals surface area contributed by atoms with E-state index in [1.807, 2.05) is 18.5 Å². The lowest BCUT2D eigenvalue weighted by molar-refractivity contribution is -0.935. The number of nitrogens with zero attached hydrogens (tertiary/aromatic N) is 1. The predicted molar refractivity (Wildman–Crippen MR) is 94.0 cm³/mol. The van der Waals surface area contributed by atoms with Crippen molar-refractivity contribution in [2.75, 3.05) is 13.2 Å². The third-order valence-corrected chi connectivity index (χ3v) is 4.05. The lowest BCUT2D eigenvalue weighted by Crippen LogP contribution is -2.52. The maximum atomic E-state index is 10.4. The number of aliphatic hydroxyl groups excluding tert-OH is 1. The Morgan fingerprint density at radius 1 is 1.30 bits per heavy atom. The molecule has 1 aromatic carbocycles. The molecule has 23 heavy (non-hydrogen) atoms. The lowest BCUT2D eigenvalue weighted by Gasteiger charge is -2.35. The summed E-state index contributed by atoms with van der Waals surface area (Å²) in [5.74, 6) is 0. The molecule has 1 aromatic rings. The van der Waals surface area contributed by atoms with E-state index in [-0.39, 0.29) is 5.60 Å². The minimum absolute atomic E-state index is 0.122. The van der Waals surface area contributed by atoms with Gasteiger partial charge in [0.15, 0.2) is 0 Å². The number of aliphatic hydroxyl groups is 1. The number of benzene rings is 1. The van der Waals surface area contributed by atoms with Gasteiger partial charge >= 0.3 is 0 Å². The molecule has 0 amide bonds. The number of nitrogens with one attached hydrogen (secondary N) is 1. The van der Waals surface area contributed by atoms with Gasteiger partial charge in [0.2, 0.25) is 0 Å². The zero-order valence-corrected chi connectivity index (χ0v) is 14.5. The predicted octanol–water partition coefficient (Wildman–Crippen LogP) is 3.20. The van der Waals surface area contributed by atoms with Crippen LogP contribution >= 0.6 is 0 Å². The lowest BCUT2D eigenvalue weighted by atomic mass is 10.1. The number of hydrogen-bond acceptors (Lipinski definition) is 3. The maximum absolute atomic E-state index is 10.4. The number of rotatable bonds is 7. The molecule has 4 heteroatoms. The molecule has 1 heterocycles. The van der Waals surface area contributed by atoms with E-state index in [2.05, 4.69) is 56.9 Å². The molecule has 0 spiro atoms. The van der Waals surface area contributed by atoms with Crippen molar-refractivity contribution in [1.82, 2.24) is 5.32 Å². The fraction of sp³-hybridized carbons (Fsp3) is 0.474. The molecule has 0 saturated carbocycles. The van der Waals surface area contributed by atoms with Crippen LogP contribution in [-0.4, -0.2) is 34.7 Å². The van der Waals surface area contributed by atoms with Gasteiger partial charge in [-0.25, -0.2) is 4.48 Å². The van der Waals surface area contributed by atoms with Crippen LogP contribution in [0, 0.1) is 0 Å². The van der Waals surface area contributed by atoms with E-state index in [1.165, 1.54) is 5.56 Å². The highest BCUT2D eigenvalue weighted by molar-refractivity contribution is 5.47. The summed E-state index contributed by atoms with van der Waals surface area (Å²) in [5.41, 5.74) is 2.18. The first-order chi connectivity index (χ1) is 10.8. The van der Waals surface area contributed by atoms with Crippen LogP contribution < -0.4 is 5.32 Å². The fourth-order valence-corrected chi connectivity index (χ4v) is 2.76. The molecule has 0 fully saturated rings. The summed E-state index contributed by atoms with van der Waals surface area (Å²) in [7, 11) is 0. The summed E-state index contributed by atoms with van der Waals surface area (Å²) >= 11 is 0. The first-order valence-corrected chi connectivity index (χ1v) is 8.18. The molecule has 2 rings (SSSR count). The first kappa shape index (κ1) is 17.7.